The van der Waals surface area contributed by atoms with Crippen molar-refractivity contribution < 1.29 is 32.3 Å². The number of ketones is 1. The first-order valence-corrected chi connectivity index (χ1v) is 11.9. The van der Waals surface area contributed by atoms with Crippen LogP contribution in [0.1, 0.15) is 37.0 Å². The van der Waals surface area contributed by atoms with Gasteiger partial charge in [0.05, 0.1) is 23.3 Å². The summed E-state index contributed by atoms with van der Waals surface area (Å²) in [5, 5.41) is 0.905. The Balaban J connectivity index is 2.21. The van der Waals surface area contributed by atoms with E-state index in [1.165, 1.54) is 6.07 Å². The predicted octanol–water partition coefficient (Wildman–Crippen LogP) is 2.86. The van der Waals surface area contributed by atoms with Gasteiger partial charge in [0.2, 0.25) is 12.3 Å². The zero-order valence-electron chi connectivity index (χ0n) is 16.3. The summed E-state index contributed by atoms with van der Waals surface area (Å²) in [5.74, 6) is -0.417. The fourth-order valence-corrected chi connectivity index (χ4v) is 4.91. The Morgan fingerprint density at radius 1 is 1.28 bits per heavy atom. The Morgan fingerprint density at radius 2 is 1.93 bits per heavy atom. The second-order valence-electron chi connectivity index (χ2n) is 6.73. The molecule has 0 bridgehead atoms. The highest BCUT2D eigenvalue weighted by Gasteiger charge is 2.47. The molecule has 1 amide bonds. The number of carbonyl (C=O) groups is 2. The third-order valence-corrected chi connectivity index (χ3v) is 6.35. The largest absolute Gasteiger partial charge is 0.491 e. The van der Waals surface area contributed by atoms with E-state index in [9.17, 15) is 18.0 Å². The summed E-state index contributed by atoms with van der Waals surface area (Å²) < 4.78 is 36.6. The molecule has 1 saturated carbocycles. The lowest BCUT2D eigenvalue weighted by molar-refractivity contribution is -0.176. The number of carbonyl (C=O) groups excluding carboxylic acids is 2. The van der Waals surface area contributed by atoms with E-state index in [-0.39, 0.29) is 46.8 Å². The average molecular weight is 488 g/mol. The minimum Gasteiger partial charge on any atom is -0.491 e. The van der Waals surface area contributed by atoms with Crippen LogP contribution < -0.4 is 4.74 Å². The van der Waals surface area contributed by atoms with Crippen molar-refractivity contribution in [1.29, 1.82) is 0 Å². The minimum absolute atomic E-state index is 0.00438. The van der Waals surface area contributed by atoms with E-state index in [1.54, 1.807) is 19.9 Å². The smallest absolute Gasteiger partial charge is 0.240 e. The highest BCUT2D eigenvalue weighted by Crippen LogP contribution is 2.45. The second-order valence-corrected chi connectivity index (χ2v) is 9.54. The number of halogens is 1. The lowest BCUT2D eigenvalue weighted by atomic mass is 9.96. The molecule has 29 heavy (non-hydrogen) atoms. The Bertz CT molecular complexity index is 969. The molecule has 0 saturated heterocycles. The molecule has 10 heteroatoms. The second kappa shape index (κ2) is 8.45. The van der Waals surface area contributed by atoms with Crippen LogP contribution in [-0.2, 0) is 24.2 Å². The van der Waals surface area contributed by atoms with Crippen LogP contribution in [0.3, 0.4) is 0 Å². The van der Waals surface area contributed by atoms with E-state index in [2.05, 4.69) is 15.9 Å². The number of sulfone groups is 1. The maximum Gasteiger partial charge on any atom is 0.240 e. The van der Waals surface area contributed by atoms with E-state index in [1.807, 2.05) is 0 Å². The molecule has 1 unspecified atom stereocenters. The van der Waals surface area contributed by atoms with Gasteiger partial charge in [-0.3, -0.25) is 14.4 Å². The third kappa shape index (κ3) is 4.19. The fraction of sp³-hybridized carbons (Fsp3) is 0.474. The summed E-state index contributed by atoms with van der Waals surface area (Å²) in [6.07, 6.45) is 2.48. The number of amides is 1. The number of hydroxylamine groups is 2. The summed E-state index contributed by atoms with van der Waals surface area (Å²) >= 11 is 3.29. The van der Waals surface area contributed by atoms with Crippen molar-refractivity contribution in [2.45, 2.75) is 37.7 Å². The van der Waals surface area contributed by atoms with Gasteiger partial charge in [0, 0.05) is 11.8 Å². The molecule has 1 aliphatic heterocycles. The molecule has 0 aromatic heterocycles. The van der Waals surface area contributed by atoms with Gasteiger partial charge in [0.1, 0.15) is 11.0 Å². The molecule has 0 radical (unpaired) electrons. The standard InChI is InChI=1S/C19H22BrNO7S/c1-4-26-17-13(20)9-8-12(18(17)29(3,24)25)15(23)14-16(11-6-7-11)28-21(10-22)19(14)27-5-2/h8-11,16H,4-7H2,1-3H3. The molecule has 8 nitrogen and oxygen atoms in total. The van der Waals surface area contributed by atoms with Crippen molar-refractivity contribution in [3.63, 3.8) is 0 Å². The highest BCUT2D eigenvalue weighted by molar-refractivity contribution is 9.10. The van der Waals surface area contributed by atoms with E-state index >= 15 is 0 Å². The van der Waals surface area contributed by atoms with Crippen molar-refractivity contribution in [1.82, 2.24) is 5.06 Å². The molecule has 0 spiro atoms. The number of hydrogen-bond donors (Lipinski definition) is 0. The number of rotatable bonds is 9. The molecule has 1 atom stereocenters. The van der Waals surface area contributed by atoms with Gasteiger partial charge in [-0.1, -0.05) is 0 Å². The van der Waals surface area contributed by atoms with Gasteiger partial charge in [-0.15, -0.1) is 0 Å². The summed E-state index contributed by atoms with van der Waals surface area (Å²) in [6.45, 7) is 3.87. The van der Waals surface area contributed by atoms with Crippen molar-refractivity contribution in [3.8, 4) is 5.75 Å². The molecular weight excluding hydrogens is 466 g/mol. The number of hydrogen-bond acceptors (Lipinski definition) is 7. The van der Waals surface area contributed by atoms with E-state index in [0.717, 1.165) is 24.2 Å². The van der Waals surface area contributed by atoms with Crippen LogP contribution in [0.2, 0.25) is 0 Å². The van der Waals surface area contributed by atoms with Crippen LogP contribution in [0.15, 0.2) is 33.0 Å². The van der Waals surface area contributed by atoms with Crippen molar-refractivity contribution >= 4 is 38.0 Å². The van der Waals surface area contributed by atoms with Crippen LogP contribution >= 0.6 is 15.9 Å². The number of Topliss-reactive ketones (excluding diaryl/α,β-unsaturated/α-hetero) is 1. The van der Waals surface area contributed by atoms with Crippen molar-refractivity contribution in [2.24, 2.45) is 5.92 Å². The van der Waals surface area contributed by atoms with Crippen LogP contribution in [0.5, 0.6) is 5.75 Å². The summed E-state index contributed by atoms with van der Waals surface area (Å²) in [7, 11) is -3.82. The van der Waals surface area contributed by atoms with Gasteiger partial charge < -0.3 is 9.47 Å². The lowest BCUT2D eigenvalue weighted by Crippen LogP contribution is -2.23. The van der Waals surface area contributed by atoms with Gasteiger partial charge in [0.15, 0.2) is 21.4 Å². The molecule has 1 fully saturated rings. The zero-order chi connectivity index (χ0) is 21.3. The van der Waals surface area contributed by atoms with Gasteiger partial charge >= 0.3 is 0 Å². The molecule has 1 heterocycles. The molecular formula is C19H22BrNO7S. The summed E-state index contributed by atoms with van der Waals surface area (Å²) in [5.41, 5.74) is 0.101. The van der Waals surface area contributed by atoms with E-state index in [4.69, 9.17) is 14.3 Å². The number of nitrogens with zero attached hydrogens (tertiary/aromatic N) is 1. The Kier molecular flexibility index (Phi) is 6.35. The van der Waals surface area contributed by atoms with Crippen LogP contribution in [-0.4, -0.2) is 51.2 Å². The maximum atomic E-state index is 13.6. The van der Waals surface area contributed by atoms with Crippen molar-refractivity contribution in [3.05, 3.63) is 33.6 Å². The van der Waals surface area contributed by atoms with Gasteiger partial charge in [-0.05, 0) is 60.7 Å². The maximum absolute atomic E-state index is 13.6. The van der Waals surface area contributed by atoms with Crippen LogP contribution in [0.25, 0.3) is 0 Å². The average Bonchev–Trinajstić information content (AvgIpc) is 3.44. The van der Waals surface area contributed by atoms with Gasteiger partial charge in [-0.25, -0.2) is 8.42 Å². The SMILES string of the molecule is CCOC1=C(C(=O)c2ccc(Br)c(OCC)c2S(C)(=O)=O)C(C2CC2)ON1C=O. The van der Waals surface area contributed by atoms with Crippen molar-refractivity contribution in [2.75, 3.05) is 19.5 Å². The quantitative estimate of drug-likeness (QED) is 0.389. The zero-order valence-corrected chi connectivity index (χ0v) is 18.7. The first-order valence-electron chi connectivity index (χ1n) is 9.22. The number of benzene rings is 1. The summed E-state index contributed by atoms with van der Waals surface area (Å²) in [6, 6.07) is 2.99. The molecule has 2 aliphatic rings. The Labute approximate surface area is 177 Å². The topological polar surface area (TPSA) is 99.2 Å². The summed E-state index contributed by atoms with van der Waals surface area (Å²) in [4.78, 5) is 30.5. The first kappa shape index (κ1) is 21.8. The van der Waals surface area contributed by atoms with Crippen LogP contribution in [0.4, 0.5) is 0 Å². The number of ether oxygens (including phenoxy) is 2. The highest BCUT2D eigenvalue weighted by atomic mass is 79.9. The van der Waals surface area contributed by atoms with Gasteiger partial charge in [-0.2, -0.15) is 5.06 Å². The third-order valence-electron chi connectivity index (χ3n) is 4.58. The fourth-order valence-electron chi connectivity index (χ4n) is 3.27. The Morgan fingerprint density at radius 3 is 2.45 bits per heavy atom. The van der Waals surface area contributed by atoms with E-state index < -0.39 is 21.7 Å². The minimum atomic E-state index is -3.82. The predicted molar refractivity (Wildman–Crippen MR) is 107 cm³/mol. The molecule has 3 rings (SSSR count). The van der Waals surface area contributed by atoms with Gasteiger partial charge in [0.25, 0.3) is 0 Å². The Hall–Kier alpha value is -1.91. The first-order chi connectivity index (χ1) is 13.7. The molecule has 1 aromatic rings. The van der Waals surface area contributed by atoms with E-state index in [0.29, 0.717) is 10.9 Å². The lowest BCUT2D eigenvalue weighted by Gasteiger charge is -2.16. The molecule has 1 aromatic carbocycles. The molecule has 158 valence electrons. The normalized spacial score (nSPS) is 19.4. The molecule has 1 aliphatic carbocycles. The monoisotopic (exact) mass is 487 g/mol. The van der Waals surface area contributed by atoms with Crippen LogP contribution in [0, 0.1) is 5.92 Å². The molecule has 0 N–H and O–H groups in total.